The third kappa shape index (κ3) is 1.24. The lowest BCUT2D eigenvalue weighted by Crippen LogP contribution is -2.17. The van der Waals surface area contributed by atoms with Crippen molar-refractivity contribution in [1.82, 2.24) is 4.57 Å². The van der Waals surface area contributed by atoms with Crippen LogP contribution in [0, 0.1) is 5.41 Å². The van der Waals surface area contributed by atoms with Crippen molar-refractivity contribution >= 4 is 17.0 Å². The first-order chi connectivity index (χ1) is 7.58. The molecule has 2 aromatic rings. The van der Waals surface area contributed by atoms with Crippen LogP contribution in [0.25, 0.3) is 17.0 Å². The van der Waals surface area contributed by atoms with Gasteiger partial charge in [-0.3, -0.25) is 0 Å². The molecule has 1 aliphatic carbocycles. The highest BCUT2D eigenvalue weighted by Gasteiger charge is 2.24. The maximum atomic E-state index is 2.34. The molecular weight excluding hydrogens is 194 g/mol. The van der Waals surface area contributed by atoms with E-state index >= 15 is 0 Å². The molecule has 0 saturated carbocycles. The van der Waals surface area contributed by atoms with Gasteiger partial charge >= 0.3 is 0 Å². The van der Waals surface area contributed by atoms with E-state index in [1.807, 2.05) is 0 Å². The van der Waals surface area contributed by atoms with E-state index in [4.69, 9.17) is 0 Å². The molecule has 0 atom stereocenters. The maximum Gasteiger partial charge on any atom is 0.0486 e. The van der Waals surface area contributed by atoms with Crippen LogP contribution in [-0.4, -0.2) is 4.57 Å². The summed E-state index contributed by atoms with van der Waals surface area (Å²) < 4.78 is 2.34. The Morgan fingerprint density at radius 2 is 1.94 bits per heavy atom. The lowest BCUT2D eigenvalue weighted by atomic mass is 9.82. The van der Waals surface area contributed by atoms with Gasteiger partial charge in [0.2, 0.25) is 0 Å². The molecule has 0 unspecified atom stereocenters. The second kappa shape index (κ2) is 3.00. The largest absolute Gasteiger partial charge is 0.347 e. The lowest BCUT2D eigenvalue weighted by molar-refractivity contribution is 0.462. The van der Waals surface area contributed by atoms with Crippen LogP contribution < -0.4 is 0 Å². The number of aromatic nitrogens is 1. The molecular formula is C15H17N. The predicted octanol–water partition coefficient (Wildman–Crippen LogP) is 3.77. The van der Waals surface area contributed by atoms with Crippen LogP contribution in [0.5, 0.6) is 0 Å². The minimum absolute atomic E-state index is 0.287. The Labute approximate surface area is 96.4 Å². The number of para-hydroxylation sites is 1. The fourth-order valence-corrected chi connectivity index (χ4v) is 2.67. The van der Waals surface area contributed by atoms with Gasteiger partial charge in [0, 0.05) is 29.2 Å². The van der Waals surface area contributed by atoms with Gasteiger partial charge in [0.25, 0.3) is 0 Å². The van der Waals surface area contributed by atoms with Gasteiger partial charge in [-0.1, -0.05) is 44.2 Å². The average Bonchev–Trinajstić information content (AvgIpc) is 2.52. The van der Waals surface area contributed by atoms with E-state index in [0.717, 1.165) is 6.42 Å². The van der Waals surface area contributed by atoms with Crippen LogP contribution >= 0.6 is 0 Å². The SMILES string of the molecule is Cn1c2c(c3ccccc31)C=CC(C)(C)C2. The smallest absolute Gasteiger partial charge is 0.0486 e. The zero-order valence-electron chi connectivity index (χ0n) is 10.1. The summed E-state index contributed by atoms with van der Waals surface area (Å²) in [5.74, 6) is 0. The van der Waals surface area contributed by atoms with Gasteiger partial charge in [-0.15, -0.1) is 0 Å². The maximum absolute atomic E-state index is 2.34. The van der Waals surface area contributed by atoms with E-state index in [2.05, 4.69) is 61.9 Å². The Kier molecular flexibility index (Phi) is 1.82. The van der Waals surface area contributed by atoms with Crippen LogP contribution in [0.1, 0.15) is 25.1 Å². The van der Waals surface area contributed by atoms with Gasteiger partial charge in [0.05, 0.1) is 0 Å². The van der Waals surface area contributed by atoms with E-state index in [1.165, 1.54) is 22.2 Å². The molecule has 1 heterocycles. The van der Waals surface area contributed by atoms with Gasteiger partial charge in [-0.25, -0.2) is 0 Å². The summed E-state index contributed by atoms with van der Waals surface area (Å²) in [5.41, 5.74) is 4.51. The van der Waals surface area contributed by atoms with E-state index in [9.17, 15) is 0 Å². The molecule has 1 aliphatic rings. The number of allylic oxidation sites excluding steroid dienone is 1. The van der Waals surface area contributed by atoms with Crippen LogP contribution in [0.3, 0.4) is 0 Å². The highest BCUT2D eigenvalue weighted by Crippen LogP contribution is 2.36. The molecule has 3 rings (SSSR count). The summed E-state index contributed by atoms with van der Waals surface area (Å²) >= 11 is 0. The molecule has 1 aromatic heterocycles. The van der Waals surface area contributed by atoms with Crippen molar-refractivity contribution in [2.45, 2.75) is 20.3 Å². The van der Waals surface area contributed by atoms with E-state index in [0.29, 0.717) is 0 Å². The molecule has 0 spiro atoms. The van der Waals surface area contributed by atoms with E-state index in [1.54, 1.807) is 0 Å². The molecule has 16 heavy (non-hydrogen) atoms. The number of aryl methyl sites for hydroxylation is 1. The van der Waals surface area contributed by atoms with Crippen molar-refractivity contribution < 1.29 is 0 Å². The summed E-state index contributed by atoms with van der Waals surface area (Å²) in [5, 5.41) is 1.38. The van der Waals surface area contributed by atoms with Crippen LogP contribution in [0.15, 0.2) is 30.3 Å². The Morgan fingerprint density at radius 1 is 1.19 bits per heavy atom. The quantitative estimate of drug-likeness (QED) is 0.625. The fraction of sp³-hybridized carbons (Fsp3) is 0.333. The monoisotopic (exact) mass is 211 g/mol. The molecule has 82 valence electrons. The highest BCUT2D eigenvalue weighted by molar-refractivity contribution is 5.91. The normalized spacial score (nSPS) is 17.7. The van der Waals surface area contributed by atoms with Gasteiger partial charge in [-0.2, -0.15) is 0 Å². The molecule has 0 aliphatic heterocycles. The number of benzene rings is 1. The number of fused-ring (bicyclic) bond motifs is 3. The first-order valence-electron chi connectivity index (χ1n) is 5.84. The fourth-order valence-electron chi connectivity index (χ4n) is 2.67. The van der Waals surface area contributed by atoms with Crippen molar-refractivity contribution in [3.05, 3.63) is 41.6 Å². The number of rotatable bonds is 0. The molecule has 0 N–H and O–H groups in total. The Morgan fingerprint density at radius 3 is 2.75 bits per heavy atom. The molecule has 0 radical (unpaired) electrons. The summed E-state index contributed by atoms with van der Waals surface area (Å²) in [4.78, 5) is 0. The minimum Gasteiger partial charge on any atom is -0.347 e. The van der Waals surface area contributed by atoms with Crippen molar-refractivity contribution in [1.29, 1.82) is 0 Å². The second-order valence-corrected chi connectivity index (χ2v) is 5.44. The summed E-state index contributed by atoms with van der Waals surface area (Å²) in [6.45, 7) is 4.59. The third-order valence-electron chi connectivity index (χ3n) is 3.60. The second-order valence-electron chi connectivity index (χ2n) is 5.44. The van der Waals surface area contributed by atoms with Crippen LogP contribution in [-0.2, 0) is 13.5 Å². The molecule has 0 fully saturated rings. The van der Waals surface area contributed by atoms with Crippen LogP contribution in [0.2, 0.25) is 0 Å². The molecule has 1 heteroatoms. The van der Waals surface area contributed by atoms with Crippen molar-refractivity contribution in [2.75, 3.05) is 0 Å². The summed E-state index contributed by atoms with van der Waals surface area (Å²) in [6, 6.07) is 8.66. The molecule has 0 amide bonds. The predicted molar refractivity (Wildman–Crippen MR) is 69.4 cm³/mol. The van der Waals surface area contributed by atoms with Gasteiger partial charge in [0.15, 0.2) is 0 Å². The van der Waals surface area contributed by atoms with Gasteiger partial charge in [0.1, 0.15) is 0 Å². The summed E-state index contributed by atoms with van der Waals surface area (Å²) in [7, 11) is 2.18. The topological polar surface area (TPSA) is 4.93 Å². The number of nitrogens with zero attached hydrogens (tertiary/aromatic N) is 1. The van der Waals surface area contributed by atoms with Crippen LogP contribution in [0.4, 0.5) is 0 Å². The van der Waals surface area contributed by atoms with E-state index in [-0.39, 0.29) is 5.41 Å². The zero-order valence-corrected chi connectivity index (χ0v) is 10.1. The molecule has 0 bridgehead atoms. The van der Waals surface area contributed by atoms with Crippen molar-refractivity contribution in [2.24, 2.45) is 12.5 Å². The molecule has 1 nitrogen and oxygen atoms in total. The highest BCUT2D eigenvalue weighted by atomic mass is 15.0. The third-order valence-corrected chi connectivity index (χ3v) is 3.60. The van der Waals surface area contributed by atoms with Crippen molar-refractivity contribution in [3.8, 4) is 0 Å². The van der Waals surface area contributed by atoms with Crippen molar-refractivity contribution in [3.63, 3.8) is 0 Å². The van der Waals surface area contributed by atoms with E-state index < -0.39 is 0 Å². The number of hydrogen-bond donors (Lipinski definition) is 0. The summed E-state index contributed by atoms with van der Waals surface area (Å²) in [6.07, 6.45) is 5.76. The first-order valence-corrected chi connectivity index (χ1v) is 5.84. The molecule has 1 aromatic carbocycles. The Hall–Kier alpha value is -1.50. The molecule has 0 saturated heterocycles. The minimum atomic E-state index is 0.287. The number of hydrogen-bond acceptors (Lipinski definition) is 0. The first kappa shape index (κ1) is 9.71. The lowest BCUT2D eigenvalue weighted by Gasteiger charge is -2.25. The van der Waals surface area contributed by atoms with Gasteiger partial charge < -0.3 is 4.57 Å². The Balaban J connectivity index is 2.35. The average molecular weight is 211 g/mol. The zero-order chi connectivity index (χ0) is 11.3. The standard InChI is InChI=1S/C15H17N/c1-15(2)9-8-12-11-6-4-5-7-13(11)16(3)14(12)10-15/h4-9H,10H2,1-3H3. The Bertz CT molecular complexity index is 585. The van der Waals surface area contributed by atoms with Gasteiger partial charge in [-0.05, 0) is 17.9 Å².